The second-order valence-corrected chi connectivity index (χ2v) is 9.16. The molecule has 2 aromatic heterocycles. The van der Waals surface area contributed by atoms with Gasteiger partial charge in [-0.1, -0.05) is 12.1 Å². The Kier molecular flexibility index (Phi) is 5.14. The lowest BCUT2D eigenvalue weighted by Gasteiger charge is -2.11. The van der Waals surface area contributed by atoms with Crippen molar-refractivity contribution < 1.29 is 22.4 Å². The van der Waals surface area contributed by atoms with E-state index in [0.717, 1.165) is 5.56 Å². The summed E-state index contributed by atoms with van der Waals surface area (Å²) in [5.74, 6) is 1.03. The predicted octanol–water partition coefficient (Wildman–Crippen LogP) is 2.44. The molecule has 3 heterocycles. The van der Waals surface area contributed by atoms with Crippen LogP contribution in [0.4, 0.5) is 0 Å². The molecule has 0 bridgehead atoms. The average molecular weight is 415 g/mol. The van der Waals surface area contributed by atoms with Crippen molar-refractivity contribution in [2.24, 2.45) is 0 Å². The lowest BCUT2D eigenvalue weighted by atomic mass is 10.2. The second kappa shape index (κ2) is 7.75. The molecule has 4 rings (SSSR count). The third-order valence-corrected chi connectivity index (χ3v) is 6.63. The molecular formula is C20H21N3O5S. The SMILES string of the molecule is COc1cccc(CNC(=O)c2cc(-c3ccco3)n(C3CCS(=O)(=O)C3)n2)c1. The van der Waals surface area contributed by atoms with E-state index in [1.165, 1.54) is 6.26 Å². The summed E-state index contributed by atoms with van der Waals surface area (Å²) in [7, 11) is -1.51. The number of nitrogens with one attached hydrogen (secondary N) is 1. The Morgan fingerprint density at radius 3 is 2.86 bits per heavy atom. The maximum absolute atomic E-state index is 12.7. The summed E-state index contributed by atoms with van der Waals surface area (Å²) >= 11 is 0. The number of ether oxygens (including phenoxy) is 1. The quantitative estimate of drug-likeness (QED) is 0.663. The number of amides is 1. The number of methoxy groups -OCH3 is 1. The highest BCUT2D eigenvalue weighted by molar-refractivity contribution is 7.91. The summed E-state index contributed by atoms with van der Waals surface area (Å²) in [5, 5.41) is 7.26. The van der Waals surface area contributed by atoms with E-state index < -0.39 is 9.84 Å². The number of hydrogen-bond acceptors (Lipinski definition) is 6. The number of aromatic nitrogens is 2. The van der Waals surface area contributed by atoms with Crippen LogP contribution in [0.15, 0.2) is 53.1 Å². The lowest BCUT2D eigenvalue weighted by Crippen LogP contribution is -2.24. The molecule has 1 N–H and O–H groups in total. The fourth-order valence-corrected chi connectivity index (χ4v) is 5.11. The zero-order chi connectivity index (χ0) is 20.4. The van der Waals surface area contributed by atoms with Crippen LogP contribution in [0.2, 0.25) is 0 Å². The van der Waals surface area contributed by atoms with Crippen LogP contribution in [0, 0.1) is 0 Å². The fourth-order valence-electron chi connectivity index (χ4n) is 3.42. The number of carbonyl (C=O) groups is 1. The van der Waals surface area contributed by atoms with Crippen LogP contribution in [0.3, 0.4) is 0 Å². The maximum atomic E-state index is 12.7. The van der Waals surface area contributed by atoms with Crippen molar-refractivity contribution in [3.8, 4) is 17.2 Å². The van der Waals surface area contributed by atoms with Gasteiger partial charge in [-0.2, -0.15) is 5.10 Å². The first kappa shape index (κ1) is 19.3. The number of rotatable bonds is 6. The Labute approximate surface area is 168 Å². The molecule has 0 aliphatic carbocycles. The van der Waals surface area contributed by atoms with Crippen LogP contribution in [-0.4, -0.2) is 42.7 Å². The fraction of sp³-hybridized carbons (Fsp3) is 0.300. The van der Waals surface area contributed by atoms with Gasteiger partial charge in [0.1, 0.15) is 11.4 Å². The summed E-state index contributed by atoms with van der Waals surface area (Å²) in [5.41, 5.74) is 1.69. The summed E-state index contributed by atoms with van der Waals surface area (Å²) in [4.78, 5) is 12.7. The van der Waals surface area contributed by atoms with Gasteiger partial charge in [0.05, 0.1) is 30.9 Å². The number of benzene rings is 1. The number of hydrogen-bond donors (Lipinski definition) is 1. The molecule has 0 radical (unpaired) electrons. The smallest absolute Gasteiger partial charge is 0.272 e. The number of carbonyl (C=O) groups excluding carboxylic acids is 1. The summed E-state index contributed by atoms with van der Waals surface area (Å²) in [6, 6.07) is 12.2. The molecule has 29 heavy (non-hydrogen) atoms. The molecule has 8 nitrogen and oxygen atoms in total. The van der Waals surface area contributed by atoms with Gasteiger partial charge >= 0.3 is 0 Å². The molecule has 1 fully saturated rings. The van der Waals surface area contributed by atoms with E-state index in [1.807, 2.05) is 24.3 Å². The highest BCUT2D eigenvalue weighted by atomic mass is 32.2. The number of furan rings is 1. The standard InChI is InChI=1S/C20H21N3O5S/c1-27-16-5-2-4-14(10-16)12-21-20(24)17-11-18(19-6-3-8-28-19)23(22-17)15-7-9-29(25,26)13-15/h2-6,8,10-11,15H,7,9,12-13H2,1H3,(H,21,24). The van der Waals surface area contributed by atoms with Crippen molar-refractivity contribution in [2.75, 3.05) is 18.6 Å². The molecule has 1 atom stereocenters. The zero-order valence-electron chi connectivity index (χ0n) is 15.9. The normalized spacial score (nSPS) is 17.9. The van der Waals surface area contributed by atoms with Crippen LogP contribution in [0.5, 0.6) is 5.75 Å². The van der Waals surface area contributed by atoms with Crippen LogP contribution in [0.25, 0.3) is 11.5 Å². The minimum atomic E-state index is -3.10. The number of sulfone groups is 1. The van der Waals surface area contributed by atoms with Crippen LogP contribution in [-0.2, 0) is 16.4 Å². The molecule has 1 aromatic carbocycles. The topological polar surface area (TPSA) is 103 Å². The Hall–Kier alpha value is -3.07. The van der Waals surface area contributed by atoms with E-state index in [0.29, 0.717) is 30.2 Å². The molecule has 0 spiro atoms. The van der Waals surface area contributed by atoms with Gasteiger partial charge in [0.2, 0.25) is 0 Å². The number of nitrogens with zero attached hydrogens (tertiary/aromatic N) is 2. The van der Waals surface area contributed by atoms with Crippen molar-refractivity contribution in [2.45, 2.75) is 19.0 Å². The van der Waals surface area contributed by atoms with Gasteiger partial charge in [-0.05, 0) is 36.2 Å². The van der Waals surface area contributed by atoms with Crippen molar-refractivity contribution in [3.05, 3.63) is 60.0 Å². The molecule has 1 aliphatic heterocycles. The lowest BCUT2D eigenvalue weighted by molar-refractivity contribution is 0.0944. The van der Waals surface area contributed by atoms with E-state index >= 15 is 0 Å². The summed E-state index contributed by atoms with van der Waals surface area (Å²) in [6.45, 7) is 0.316. The van der Waals surface area contributed by atoms with Crippen molar-refractivity contribution in [1.82, 2.24) is 15.1 Å². The van der Waals surface area contributed by atoms with Gasteiger partial charge in [0.25, 0.3) is 5.91 Å². The van der Waals surface area contributed by atoms with Gasteiger partial charge in [0, 0.05) is 12.6 Å². The largest absolute Gasteiger partial charge is 0.497 e. The first-order valence-corrected chi connectivity index (χ1v) is 11.0. The van der Waals surface area contributed by atoms with E-state index in [-0.39, 0.29) is 29.1 Å². The molecule has 9 heteroatoms. The Morgan fingerprint density at radius 1 is 1.31 bits per heavy atom. The van der Waals surface area contributed by atoms with E-state index in [4.69, 9.17) is 9.15 Å². The molecule has 1 unspecified atom stereocenters. The molecule has 1 amide bonds. The maximum Gasteiger partial charge on any atom is 0.272 e. The molecule has 152 valence electrons. The molecule has 1 aliphatic rings. The van der Waals surface area contributed by atoms with E-state index in [1.54, 1.807) is 30.0 Å². The first-order valence-electron chi connectivity index (χ1n) is 9.20. The second-order valence-electron chi connectivity index (χ2n) is 6.93. The Morgan fingerprint density at radius 2 is 2.17 bits per heavy atom. The summed E-state index contributed by atoms with van der Waals surface area (Å²) in [6.07, 6.45) is 1.99. The first-order chi connectivity index (χ1) is 13.9. The Balaban J connectivity index is 1.57. The molecule has 3 aromatic rings. The highest BCUT2D eigenvalue weighted by Crippen LogP contribution is 2.30. The van der Waals surface area contributed by atoms with Crippen molar-refractivity contribution in [1.29, 1.82) is 0 Å². The monoisotopic (exact) mass is 415 g/mol. The molecule has 1 saturated heterocycles. The highest BCUT2D eigenvalue weighted by Gasteiger charge is 2.32. The van der Waals surface area contributed by atoms with Crippen molar-refractivity contribution >= 4 is 15.7 Å². The third-order valence-electron chi connectivity index (χ3n) is 4.88. The minimum absolute atomic E-state index is 0.00720. The van der Waals surface area contributed by atoms with Gasteiger partial charge in [-0.3, -0.25) is 9.48 Å². The molecular weight excluding hydrogens is 394 g/mol. The van der Waals surface area contributed by atoms with E-state index in [2.05, 4.69) is 10.4 Å². The van der Waals surface area contributed by atoms with Crippen molar-refractivity contribution in [3.63, 3.8) is 0 Å². The zero-order valence-corrected chi connectivity index (χ0v) is 16.7. The van der Waals surface area contributed by atoms with Crippen LogP contribution < -0.4 is 10.1 Å². The van der Waals surface area contributed by atoms with Gasteiger partial charge in [0.15, 0.2) is 21.3 Å². The van der Waals surface area contributed by atoms with E-state index in [9.17, 15) is 13.2 Å². The van der Waals surface area contributed by atoms with Gasteiger partial charge in [-0.25, -0.2) is 8.42 Å². The van der Waals surface area contributed by atoms with Crippen LogP contribution in [0.1, 0.15) is 28.5 Å². The van der Waals surface area contributed by atoms with Gasteiger partial charge in [-0.15, -0.1) is 0 Å². The molecule has 0 saturated carbocycles. The summed E-state index contributed by atoms with van der Waals surface area (Å²) < 4.78 is 36.1. The predicted molar refractivity (Wildman–Crippen MR) is 106 cm³/mol. The average Bonchev–Trinajstić information content (AvgIpc) is 3.45. The Bertz CT molecular complexity index is 1120. The minimum Gasteiger partial charge on any atom is -0.497 e. The third kappa shape index (κ3) is 4.19. The van der Waals surface area contributed by atoms with Crippen LogP contribution >= 0.6 is 0 Å². The van der Waals surface area contributed by atoms with Gasteiger partial charge < -0.3 is 14.5 Å².